The molecule has 156 valence electrons. The van der Waals surface area contributed by atoms with Gasteiger partial charge in [0.25, 0.3) is 5.91 Å². The van der Waals surface area contributed by atoms with Crippen molar-refractivity contribution in [2.75, 3.05) is 4.90 Å². The predicted molar refractivity (Wildman–Crippen MR) is 130 cm³/mol. The third-order valence-electron chi connectivity index (χ3n) is 4.72. The molecule has 0 bridgehead atoms. The summed E-state index contributed by atoms with van der Waals surface area (Å²) in [7, 11) is 0. The number of amidine groups is 1. The number of carbonyl (C=O) groups is 1. The van der Waals surface area contributed by atoms with Crippen molar-refractivity contribution in [3.63, 3.8) is 0 Å². The van der Waals surface area contributed by atoms with E-state index in [2.05, 4.69) is 9.98 Å². The number of thioether (sulfide) groups is 1. The van der Waals surface area contributed by atoms with Gasteiger partial charge in [0.2, 0.25) is 0 Å². The number of pyridine rings is 1. The minimum Gasteiger partial charge on any atom is -0.457 e. The Morgan fingerprint density at radius 3 is 2.50 bits per heavy atom. The van der Waals surface area contributed by atoms with Crippen molar-refractivity contribution >= 4 is 52.0 Å². The van der Waals surface area contributed by atoms with E-state index in [1.165, 1.54) is 11.8 Å². The lowest BCUT2D eigenvalue weighted by Gasteiger charge is -2.15. The van der Waals surface area contributed by atoms with Crippen LogP contribution in [0.1, 0.15) is 5.76 Å². The normalized spacial score (nSPS) is 16.3. The van der Waals surface area contributed by atoms with Gasteiger partial charge in [-0.1, -0.05) is 48.0 Å². The molecule has 0 saturated carbocycles. The maximum absolute atomic E-state index is 13.3. The molecular weight excluding hydrogens is 442 g/mol. The maximum Gasteiger partial charge on any atom is 0.271 e. The first-order valence-corrected chi connectivity index (χ1v) is 11.0. The van der Waals surface area contributed by atoms with Gasteiger partial charge in [-0.2, -0.15) is 0 Å². The lowest BCUT2D eigenvalue weighted by Crippen LogP contribution is -2.28. The quantitative estimate of drug-likeness (QED) is 0.316. The molecule has 0 N–H and O–H groups in total. The lowest BCUT2D eigenvalue weighted by molar-refractivity contribution is -0.113. The Hall–Kier alpha value is -3.61. The van der Waals surface area contributed by atoms with E-state index in [9.17, 15) is 4.79 Å². The summed E-state index contributed by atoms with van der Waals surface area (Å²) in [6.45, 7) is 0. The van der Waals surface area contributed by atoms with E-state index >= 15 is 0 Å². The highest BCUT2D eigenvalue weighted by molar-refractivity contribution is 8.19. The van der Waals surface area contributed by atoms with Crippen molar-refractivity contribution in [2.24, 2.45) is 4.99 Å². The number of benzene rings is 2. The molecule has 0 aliphatic carbocycles. The molecule has 3 heterocycles. The smallest absolute Gasteiger partial charge is 0.271 e. The summed E-state index contributed by atoms with van der Waals surface area (Å²) in [6, 6.07) is 26.0. The first kappa shape index (κ1) is 20.3. The largest absolute Gasteiger partial charge is 0.457 e. The van der Waals surface area contributed by atoms with Crippen molar-refractivity contribution in [3.05, 3.63) is 107 Å². The molecule has 0 atom stereocenters. The Balaban J connectivity index is 1.51. The fourth-order valence-electron chi connectivity index (χ4n) is 3.24. The Labute approximate surface area is 194 Å². The van der Waals surface area contributed by atoms with Gasteiger partial charge in [-0.15, -0.1) is 0 Å². The van der Waals surface area contributed by atoms with E-state index in [1.807, 2.05) is 78.9 Å². The van der Waals surface area contributed by atoms with Crippen LogP contribution >= 0.6 is 23.4 Å². The molecule has 5 nitrogen and oxygen atoms in total. The van der Waals surface area contributed by atoms with Crippen LogP contribution in [-0.4, -0.2) is 16.1 Å². The molecule has 0 spiro atoms. The molecule has 2 aromatic carbocycles. The number of carbonyl (C=O) groups excluding carboxylic acids is 1. The van der Waals surface area contributed by atoms with Crippen LogP contribution in [-0.2, 0) is 4.79 Å². The highest BCUT2D eigenvalue weighted by atomic mass is 35.5. The Morgan fingerprint density at radius 1 is 0.938 bits per heavy atom. The molecule has 0 unspecified atom stereocenters. The second-order valence-electron chi connectivity index (χ2n) is 6.85. The third kappa shape index (κ3) is 4.10. The van der Waals surface area contributed by atoms with Gasteiger partial charge in [0.1, 0.15) is 11.5 Å². The van der Waals surface area contributed by atoms with Gasteiger partial charge in [0, 0.05) is 17.8 Å². The number of aliphatic imine (C=N–C) groups is 1. The number of hydrogen-bond donors (Lipinski definition) is 0. The van der Waals surface area contributed by atoms with E-state index < -0.39 is 0 Å². The van der Waals surface area contributed by atoms with Crippen LogP contribution in [0.3, 0.4) is 0 Å². The van der Waals surface area contributed by atoms with Crippen LogP contribution in [0.15, 0.2) is 105 Å². The number of para-hydroxylation sites is 1. The van der Waals surface area contributed by atoms with Crippen LogP contribution < -0.4 is 4.90 Å². The van der Waals surface area contributed by atoms with Crippen LogP contribution in [0, 0.1) is 0 Å². The van der Waals surface area contributed by atoms with E-state index in [1.54, 1.807) is 23.2 Å². The second kappa shape index (κ2) is 8.86. The number of halogens is 1. The maximum atomic E-state index is 13.3. The zero-order valence-corrected chi connectivity index (χ0v) is 18.3. The topological polar surface area (TPSA) is 58.7 Å². The van der Waals surface area contributed by atoms with Crippen molar-refractivity contribution in [2.45, 2.75) is 0 Å². The molecule has 0 radical (unpaired) electrons. The fourth-order valence-corrected chi connectivity index (χ4v) is 4.43. The predicted octanol–water partition coefficient (Wildman–Crippen LogP) is 6.80. The monoisotopic (exact) mass is 457 g/mol. The average Bonchev–Trinajstić information content (AvgIpc) is 3.40. The van der Waals surface area contributed by atoms with E-state index in [0.717, 1.165) is 11.3 Å². The Kier molecular flexibility index (Phi) is 5.62. The molecule has 32 heavy (non-hydrogen) atoms. The number of furan rings is 1. The van der Waals surface area contributed by atoms with Crippen LogP contribution in [0.5, 0.6) is 0 Å². The number of nitrogens with zero attached hydrogens (tertiary/aromatic N) is 3. The first-order chi connectivity index (χ1) is 15.7. The first-order valence-electron chi connectivity index (χ1n) is 9.82. The van der Waals surface area contributed by atoms with Gasteiger partial charge < -0.3 is 4.42 Å². The highest BCUT2D eigenvalue weighted by Gasteiger charge is 2.35. The molecule has 1 fully saturated rings. The summed E-state index contributed by atoms with van der Waals surface area (Å²) in [5.74, 6) is 1.55. The zero-order chi connectivity index (χ0) is 21.9. The number of hydrogen-bond acceptors (Lipinski definition) is 5. The van der Waals surface area contributed by atoms with E-state index in [-0.39, 0.29) is 5.91 Å². The Bertz CT molecular complexity index is 1330. The minimum absolute atomic E-state index is 0.174. The molecule has 7 heteroatoms. The van der Waals surface area contributed by atoms with E-state index in [0.29, 0.717) is 32.4 Å². The molecule has 1 saturated heterocycles. The van der Waals surface area contributed by atoms with Gasteiger partial charge in [0.05, 0.1) is 15.6 Å². The molecule has 1 aliphatic rings. The van der Waals surface area contributed by atoms with E-state index in [4.69, 9.17) is 16.0 Å². The Morgan fingerprint density at radius 2 is 1.72 bits per heavy atom. The minimum atomic E-state index is -0.174. The number of rotatable bonds is 4. The summed E-state index contributed by atoms with van der Waals surface area (Å²) >= 11 is 7.56. The summed E-state index contributed by atoms with van der Waals surface area (Å²) in [5.41, 5.74) is 1.53. The highest BCUT2D eigenvalue weighted by Crippen LogP contribution is 2.38. The zero-order valence-electron chi connectivity index (χ0n) is 16.7. The second-order valence-corrected chi connectivity index (χ2v) is 8.27. The fraction of sp³-hybridized carbons (Fsp3) is 0. The van der Waals surface area contributed by atoms with Crippen molar-refractivity contribution in [1.29, 1.82) is 0 Å². The van der Waals surface area contributed by atoms with Gasteiger partial charge in [-0.05, 0) is 60.3 Å². The summed E-state index contributed by atoms with van der Waals surface area (Å²) < 4.78 is 5.96. The number of anilines is 1. The molecule has 1 amide bonds. The molecule has 5 rings (SSSR count). The summed E-state index contributed by atoms with van der Waals surface area (Å²) in [5, 5.41) is 1.14. The molecular formula is C25H16ClN3O2S. The molecule has 4 aromatic rings. The average molecular weight is 458 g/mol. The molecule has 2 aromatic heterocycles. The van der Waals surface area contributed by atoms with Crippen LogP contribution in [0.25, 0.3) is 17.4 Å². The number of aromatic nitrogens is 1. The van der Waals surface area contributed by atoms with Crippen molar-refractivity contribution < 1.29 is 9.21 Å². The van der Waals surface area contributed by atoms with Gasteiger partial charge in [-0.25, -0.2) is 9.98 Å². The van der Waals surface area contributed by atoms with Gasteiger partial charge in [0.15, 0.2) is 11.0 Å². The summed E-state index contributed by atoms with van der Waals surface area (Å²) in [6.07, 6.45) is 3.40. The lowest BCUT2D eigenvalue weighted by atomic mass is 10.2. The summed E-state index contributed by atoms with van der Waals surface area (Å²) in [4.78, 5) is 24.3. The third-order valence-corrected chi connectivity index (χ3v) is 6.02. The standard InChI is InChI=1S/C25H16ClN3O2S/c26-20-11-5-4-10-19(20)21-14-13-18(31-21)16-22-24(30)29(17-8-2-1-3-9-17)25(32-22)28-23-12-6-7-15-27-23/h1-16H/b22-16+,28-25+. The van der Waals surface area contributed by atoms with Crippen LogP contribution in [0.2, 0.25) is 5.02 Å². The molecule has 1 aliphatic heterocycles. The SMILES string of the molecule is O=C1/C(=C\c2ccc(-c3ccccc3Cl)o2)S/C(=N/c2ccccn2)N1c1ccccc1. The number of amides is 1. The van der Waals surface area contributed by atoms with Gasteiger partial charge in [-0.3, -0.25) is 9.69 Å². The van der Waals surface area contributed by atoms with Crippen molar-refractivity contribution in [1.82, 2.24) is 4.98 Å². The van der Waals surface area contributed by atoms with Crippen LogP contribution in [0.4, 0.5) is 11.5 Å². The van der Waals surface area contributed by atoms with Crippen molar-refractivity contribution in [3.8, 4) is 11.3 Å². The van der Waals surface area contributed by atoms with Gasteiger partial charge >= 0.3 is 0 Å².